The van der Waals surface area contributed by atoms with Gasteiger partial charge in [0.1, 0.15) is 16.9 Å². The number of thioether (sulfide) groups is 1. The number of rotatable bonds is 4. The summed E-state index contributed by atoms with van der Waals surface area (Å²) in [4.78, 5) is 20.9. The molecule has 5 aromatic rings. The van der Waals surface area contributed by atoms with Crippen LogP contribution in [0.4, 0.5) is 0 Å². The molecule has 1 N–H and O–H groups in total. The van der Waals surface area contributed by atoms with Gasteiger partial charge in [0.05, 0.1) is 17.5 Å². The Kier molecular flexibility index (Phi) is 4.03. The molecule has 0 saturated heterocycles. The molecule has 5 nitrogen and oxygen atoms in total. The Morgan fingerprint density at radius 2 is 1.74 bits per heavy atom. The number of aromatic nitrogens is 5. The van der Waals surface area contributed by atoms with Gasteiger partial charge in [0, 0.05) is 16.7 Å². The molecule has 3 aromatic heterocycles. The summed E-state index contributed by atoms with van der Waals surface area (Å²) in [5.41, 5.74) is 5.91. The van der Waals surface area contributed by atoms with Gasteiger partial charge in [0.25, 0.3) is 0 Å². The molecule has 0 aliphatic carbocycles. The van der Waals surface area contributed by atoms with E-state index in [9.17, 15) is 0 Å². The van der Waals surface area contributed by atoms with E-state index in [1.165, 1.54) is 5.56 Å². The highest BCUT2D eigenvalue weighted by atomic mass is 32.2. The minimum absolute atomic E-state index is 0.683. The Hall–Kier alpha value is -3.25. The fraction of sp³-hybridized carbons (Fsp3) is 0.0476. The SMILES string of the molecule is c1ccc(-c2cc3ccccc3nc2CSc2ncnc3nc[nH]c23)cc1. The summed E-state index contributed by atoms with van der Waals surface area (Å²) in [6, 6.07) is 20.8. The van der Waals surface area contributed by atoms with E-state index >= 15 is 0 Å². The van der Waals surface area contributed by atoms with Crippen molar-refractivity contribution in [1.82, 2.24) is 24.9 Å². The number of para-hydroxylation sites is 1. The Bertz CT molecular complexity index is 1230. The molecule has 130 valence electrons. The number of hydrogen-bond acceptors (Lipinski definition) is 5. The third-order valence-corrected chi connectivity index (χ3v) is 5.42. The van der Waals surface area contributed by atoms with Gasteiger partial charge in [-0.1, -0.05) is 60.3 Å². The first-order valence-corrected chi connectivity index (χ1v) is 9.58. The molecule has 0 saturated carbocycles. The lowest BCUT2D eigenvalue weighted by molar-refractivity contribution is 1.08. The van der Waals surface area contributed by atoms with Gasteiger partial charge in [-0.25, -0.2) is 15.0 Å². The van der Waals surface area contributed by atoms with Crippen LogP contribution in [0.5, 0.6) is 0 Å². The molecule has 0 radical (unpaired) electrons. The first kappa shape index (κ1) is 16.0. The molecule has 0 atom stereocenters. The maximum absolute atomic E-state index is 4.94. The van der Waals surface area contributed by atoms with E-state index in [2.05, 4.69) is 62.4 Å². The lowest BCUT2D eigenvalue weighted by Crippen LogP contribution is -1.95. The first-order valence-electron chi connectivity index (χ1n) is 8.59. The van der Waals surface area contributed by atoms with E-state index in [0.717, 1.165) is 32.7 Å². The second-order valence-electron chi connectivity index (χ2n) is 6.11. The molecule has 5 rings (SSSR count). The number of nitrogens with one attached hydrogen (secondary N) is 1. The van der Waals surface area contributed by atoms with Crippen molar-refractivity contribution in [3.63, 3.8) is 0 Å². The predicted molar refractivity (Wildman–Crippen MR) is 108 cm³/mol. The fourth-order valence-corrected chi connectivity index (χ4v) is 4.03. The highest BCUT2D eigenvalue weighted by Gasteiger charge is 2.12. The van der Waals surface area contributed by atoms with E-state index in [-0.39, 0.29) is 0 Å². The fourth-order valence-electron chi connectivity index (χ4n) is 3.12. The number of aromatic amines is 1. The maximum Gasteiger partial charge on any atom is 0.181 e. The molecule has 0 fully saturated rings. The summed E-state index contributed by atoms with van der Waals surface area (Å²) in [6.45, 7) is 0. The molecule has 27 heavy (non-hydrogen) atoms. The average Bonchev–Trinajstić information content (AvgIpc) is 3.22. The monoisotopic (exact) mass is 369 g/mol. The van der Waals surface area contributed by atoms with Crippen LogP contribution in [-0.4, -0.2) is 24.9 Å². The summed E-state index contributed by atoms with van der Waals surface area (Å²) in [6.07, 6.45) is 3.20. The van der Waals surface area contributed by atoms with Gasteiger partial charge in [0.2, 0.25) is 0 Å². The lowest BCUT2D eigenvalue weighted by atomic mass is 10.0. The molecule has 0 aliphatic rings. The number of H-pyrrole nitrogens is 1. The summed E-state index contributed by atoms with van der Waals surface area (Å²) in [5.74, 6) is 0.709. The van der Waals surface area contributed by atoms with Crippen molar-refractivity contribution in [1.29, 1.82) is 0 Å². The number of benzene rings is 2. The number of imidazole rings is 1. The summed E-state index contributed by atoms with van der Waals surface area (Å²) < 4.78 is 0. The molecule has 0 aliphatic heterocycles. The van der Waals surface area contributed by atoms with Crippen molar-refractivity contribution >= 4 is 33.8 Å². The molecule has 6 heteroatoms. The van der Waals surface area contributed by atoms with Crippen LogP contribution in [0.25, 0.3) is 33.2 Å². The van der Waals surface area contributed by atoms with E-state index in [4.69, 9.17) is 4.98 Å². The topological polar surface area (TPSA) is 67.3 Å². The van der Waals surface area contributed by atoms with Crippen LogP contribution >= 0.6 is 11.8 Å². The summed E-state index contributed by atoms with van der Waals surface area (Å²) in [5, 5.41) is 2.02. The Balaban J connectivity index is 1.58. The van der Waals surface area contributed by atoms with E-state index in [1.54, 1.807) is 24.4 Å². The zero-order valence-corrected chi connectivity index (χ0v) is 15.1. The molecule has 3 heterocycles. The van der Waals surface area contributed by atoms with E-state index in [1.807, 2.05) is 18.2 Å². The van der Waals surface area contributed by atoms with Crippen molar-refractivity contribution in [3.8, 4) is 11.1 Å². The van der Waals surface area contributed by atoms with E-state index < -0.39 is 0 Å². The van der Waals surface area contributed by atoms with Crippen molar-refractivity contribution in [2.24, 2.45) is 0 Å². The molecule has 0 amide bonds. The predicted octanol–water partition coefficient (Wildman–Crippen LogP) is 4.86. The zero-order chi connectivity index (χ0) is 18.1. The van der Waals surface area contributed by atoms with Crippen molar-refractivity contribution < 1.29 is 0 Å². The average molecular weight is 369 g/mol. The standard InChI is InChI=1S/C21H15N5S/c1-2-6-14(7-3-1)16-10-15-8-4-5-9-17(15)26-18(16)11-27-21-19-20(23-12-22-19)24-13-25-21/h1-10,12-13H,11H2,(H,22,23,24,25). The molecular formula is C21H15N5S. The largest absolute Gasteiger partial charge is 0.341 e. The second-order valence-corrected chi connectivity index (χ2v) is 7.07. The smallest absolute Gasteiger partial charge is 0.181 e. The molecule has 0 bridgehead atoms. The Labute approximate surface area is 159 Å². The highest BCUT2D eigenvalue weighted by Crippen LogP contribution is 2.32. The number of nitrogens with zero attached hydrogens (tertiary/aromatic N) is 4. The molecule has 0 spiro atoms. The van der Waals surface area contributed by atoms with Crippen molar-refractivity contribution in [3.05, 3.63) is 79.0 Å². The molecule has 2 aromatic carbocycles. The van der Waals surface area contributed by atoms with Gasteiger partial charge in [-0.3, -0.25) is 4.98 Å². The number of fused-ring (bicyclic) bond motifs is 2. The lowest BCUT2D eigenvalue weighted by Gasteiger charge is -2.11. The van der Waals surface area contributed by atoms with Gasteiger partial charge in [-0.05, 0) is 17.7 Å². The minimum Gasteiger partial charge on any atom is -0.341 e. The van der Waals surface area contributed by atoms with Crippen LogP contribution in [0.1, 0.15) is 5.69 Å². The number of hydrogen-bond donors (Lipinski definition) is 1. The summed E-state index contributed by atoms with van der Waals surface area (Å²) in [7, 11) is 0. The van der Waals surface area contributed by atoms with Crippen LogP contribution < -0.4 is 0 Å². The zero-order valence-electron chi connectivity index (χ0n) is 14.3. The van der Waals surface area contributed by atoms with Crippen LogP contribution in [0.15, 0.2) is 78.3 Å². The van der Waals surface area contributed by atoms with Crippen LogP contribution in [-0.2, 0) is 5.75 Å². The molecular weight excluding hydrogens is 354 g/mol. The third-order valence-electron chi connectivity index (χ3n) is 4.42. The van der Waals surface area contributed by atoms with Gasteiger partial charge < -0.3 is 4.98 Å². The minimum atomic E-state index is 0.683. The maximum atomic E-state index is 4.94. The molecule has 0 unspecified atom stereocenters. The quantitative estimate of drug-likeness (QED) is 0.362. The van der Waals surface area contributed by atoms with Crippen LogP contribution in [0, 0.1) is 0 Å². The Morgan fingerprint density at radius 3 is 2.67 bits per heavy atom. The van der Waals surface area contributed by atoms with Crippen LogP contribution in [0.3, 0.4) is 0 Å². The van der Waals surface area contributed by atoms with Gasteiger partial charge >= 0.3 is 0 Å². The first-order chi connectivity index (χ1) is 13.4. The van der Waals surface area contributed by atoms with E-state index in [0.29, 0.717) is 11.4 Å². The third kappa shape index (κ3) is 3.04. The highest BCUT2D eigenvalue weighted by molar-refractivity contribution is 7.98. The van der Waals surface area contributed by atoms with Crippen molar-refractivity contribution in [2.75, 3.05) is 0 Å². The Morgan fingerprint density at radius 1 is 0.889 bits per heavy atom. The number of pyridine rings is 1. The van der Waals surface area contributed by atoms with Gasteiger partial charge in [-0.15, -0.1) is 0 Å². The van der Waals surface area contributed by atoms with Gasteiger partial charge in [-0.2, -0.15) is 0 Å². The summed E-state index contributed by atoms with van der Waals surface area (Å²) >= 11 is 1.64. The van der Waals surface area contributed by atoms with Crippen LogP contribution in [0.2, 0.25) is 0 Å². The van der Waals surface area contributed by atoms with Gasteiger partial charge in [0.15, 0.2) is 5.65 Å². The normalized spacial score (nSPS) is 11.3. The van der Waals surface area contributed by atoms with Crippen molar-refractivity contribution in [2.45, 2.75) is 10.8 Å². The second kappa shape index (κ2) is 6.81.